The highest BCUT2D eigenvalue weighted by atomic mass is 16.4. The number of carboxylic acids is 2. The fraction of sp³-hybridized carbons (Fsp3) is 0.150. The summed E-state index contributed by atoms with van der Waals surface area (Å²) < 4.78 is 0. The van der Waals surface area contributed by atoms with Crippen LogP contribution < -0.4 is 5.01 Å². The van der Waals surface area contributed by atoms with Crippen molar-refractivity contribution < 1.29 is 19.8 Å². The lowest BCUT2D eigenvalue weighted by Crippen LogP contribution is -2.46. The Hall–Kier alpha value is -3.85. The molecular formula is C20H19N5O4. The first-order chi connectivity index (χ1) is 14.0. The highest BCUT2D eigenvalue weighted by Crippen LogP contribution is 2.29. The van der Waals surface area contributed by atoms with Crippen molar-refractivity contribution in [3.63, 3.8) is 0 Å². The van der Waals surface area contributed by atoms with Crippen LogP contribution >= 0.6 is 0 Å². The van der Waals surface area contributed by atoms with Crippen LogP contribution in [0.2, 0.25) is 0 Å². The van der Waals surface area contributed by atoms with Gasteiger partial charge in [0.2, 0.25) is 0 Å². The Labute approximate surface area is 166 Å². The maximum absolute atomic E-state index is 11.2. The molecule has 9 heteroatoms. The number of anilines is 1. The molecule has 3 aromatic rings. The summed E-state index contributed by atoms with van der Waals surface area (Å²) >= 11 is 0. The number of aromatic nitrogens is 3. The van der Waals surface area contributed by atoms with Gasteiger partial charge in [-0.05, 0) is 36.4 Å². The average Bonchev–Trinajstić information content (AvgIpc) is 2.73. The van der Waals surface area contributed by atoms with Crippen LogP contribution in [0.25, 0.3) is 22.8 Å². The summed E-state index contributed by atoms with van der Waals surface area (Å²) in [6.45, 7) is -0.947. The zero-order valence-corrected chi connectivity index (χ0v) is 15.6. The number of hydrogen-bond acceptors (Lipinski definition) is 7. The van der Waals surface area contributed by atoms with Gasteiger partial charge in [0.25, 0.3) is 0 Å². The molecule has 9 nitrogen and oxygen atoms in total. The van der Waals surface area contributed by atoms with E-state index in [-0.39, 0.29) is 0 Å². The summed E-state index contributed by atoms with van der Waals surface area (Å²) in [6.07, 6.45) is 3.28. The summed E-state index contributed by atoms with van der Waals surface area (Å²) in [4.78, 5) is 35.7. The quantitative estimate of drug-likeness (QED) is 0.554. The van der Waals surface area contributed by atoms with E-state index in [2.05, 4.69) is 15.0 Å². The van der Waals surface area contributed by atoms with E-state index >= 15 is 0 Å². The molecular weight excluding hydrogens is 374 g/mol. The van der Waals surface area contributed by atoms with Crippen molar-refractivity contribution in [3.8, 4) is 22.8 Å². The molecule has 0 amide bonds. The van der Waals surface area contributed by atoms with Gasteiger partial charge >= 0.3 is 11.9 Å². The van der Waals surface area contributed by atoms with Gasteiger partial charge in [-0.3, -0.25) is 19.6 Å². The van der Waals surface area contributed by atoms with Crippen LogP contribution in [0, 0.1) is 0 Å². The minimum atomic E-state index is -1.14. The van der Waals surface area contributed by atoms with E-state index < -0.39 is 25.0 Å². The first-order valence-corrected chi connectivity index (χ1v) is 8.71. The highest BCUT2D eigenvalue weighted by molar-refractivity contribution is 5.76. The molecule has 0 saturated carbocycles. The van der Waals surface area contributed by atoms with Crippen molar-refractivity contribution in [2.75, 3.05) is 25.1 Å². The van der Waals surface area contributed by atoms with Crippen LogP contribution in [-0.2, 0) is 9.59 Å². The van der Waals surface area contributed by atoms with E-state index in [0.717, 1.165) is 0 Å². The molecule has 3 aromatic heterocycles. The van der Waals surface area contributed by atoms with E-state index in [1.165, 1.54) is 10.0 Å². The lowest BCUT2D eigenvalue weighted by atomic mass is 10.1. The molecule has 2 N–H and O–H groups in total. The summed E-state index contributed by atoms with van der Waals surface area (Å²) in [5.41, 5.74) is 2.95. The number of nitrogens with zero attached hydrogens (tertiary/aromatic N) is 5. The summed E-state index contributed by atoms with van der Waals surface area (Å²) in [5.74, 6) is -2.28. The van der Waals surface area contributed by atoms with Gasteiger partial charge in [-0.1, -0.05) is 12.1 Å². The Bertz CT molecular complexity index is 997. The summed E-state index contributed by atoms with van der Waals surface area (Å²) in [5, 5.41) is 21.0. The van der Waals surface area contributed by atoms with Gasteiger partial charge in [0.1, 0.15) is 18.8 Å². The Morgan fingerprint density at radius 3 is 2.14 bits per heavy atom. The number of hydrazine groups is 1. The third-order valence-electron chi connectivity index (χ3n) is 4.11. The Balaban J connectivity index is 2.01. The fourth-order valence-electron chi connectivity index (χ4n) is 2.81. The molecule has 0 aromatic carbocycles. The van der Waals surface area contributed by atoms with Gasteiger partial charge in [0.05, 0.1) is 22.8 Å². The third kappa shape index (κ3) is 4.90. The van der Waals surface area contributed by atoms with Crippen LogP contribution in [0.5, 0.6) is 0 Å². The lowest BCUT2D eigenvalue weighted by Gasteiger charge is -2.32. The van der Waals surface area contributed by atoms with Crippen molar-refractivity contribution in [2.24, 2.45) is 0 Å². The summed E-state index contributed by atoms with van der Waals surface area (Å²) in [7, 11) is 1.59. The molecule has 0 unspecified atom stereocenters. The number of rotatable bonds is 8. The molecule has 148 valence electrons. The van der Waals surface area contributed by atoms with E-state index in [9.17, 15) is 9.59 Å². The highest BCUT2D eigenvalue weighted by Gasteiger charge is 2.22. The van der Waals surface area contributed by atoms with Gasteiger partial charge in [0, 0.05) is 19.4 Å². The van der Waals surface area contributed by atoms with E-state index in [1.807, 2.05) is 30.3 Å². The van der Waals surface area contributed by atoms with Gasteiger partial charge in [-0.25, -0.2) is 4.98 Å². The van der Waals surface area contributed by atoms with Crippen LogP contribution in [-0.4, -0.2) is 62.2 Å². The van der Waals surface area contributed by atoms with Gasteiger partial charge < -0.3 is 15.2 Å². The first-order valence-electron chi connectivity index (χ1n) is 8.71. The summed E-state index contributed by atoms with van der Waals surface area (Å²) in [6, 6.07) is 14.4. The second kappa shape index (κ2) is 8.89. The monoisotopic (exact) mass is 393 g/mol. The van der Waals surface area contributed by atoms with E-state index in [4.69, 9.17) is 10.2 Å². The molecule has 0 saturated heterocycles. The second-order valence-electron chi connectivity index (χ2n) is 6.13. The van der Waals surface area contributed by atoms with Gasteiger partial charge in [0.15, 0.2) is 0 Å². The smallest absolute Gasteiger partial charge is 0.319 e. The maximum Gasteiger partial charge on any atom is 0.319 e. The molecule has 29 heavy (non-hydrogen) atoms. The fourth-order valence-corrected chi connectivity index (χ4v) is 2.81. The Morgan fingerprint density at radius 1 is 0.828 bits per heavy atom. The molecule has 0 aliphatic rings. The molecule has 0 fully saturated rings. The van der Waals surface area contributed by atoms with Gasteiger partial charge in [-0.15, -0.1) is 0 Å². The van der Waals surface area contributed by atoms with Crippen LogP contribution in [0.15, 0.2) is 60.9 Å². The Kier molecular flexibility index (Phi) is 6.10. The number of carboxylic acid groups (broad SMARTS) is 2. The zero-order valence-electron chi connectivity index (χ0n) is 15.6. The van der Waals surface area contributed by atoms with Crippen LogP contribution in [0.3, 0.4) is 0 Å². The average molecular weight is 393 g/mol. The zero-order chi connectivity index (χ0) is 20.8. The number of pyridine rings is 3. The molecule has 0 spiro atoms. The standard InChI is InChI=1S/C20H19N5O4/c1-24(25(12-18(26)27)13-19(28)29)17-9-5-11-22-20(17)16-8-4-7-15(23-16)14-6-2-3-10-21-14/h2-11H,12-13H2,1H3,(H,26,27)(H,28,29). The van der Waals surface area contributed by atoms with Crippen molar-refractivity contribution in [3.05, 3.63) is 60.9 Å². The normalized spacial score (nSPS) is 10.7. The molecule has 0 bridgehead atoms. The van der Waals surface area contributed by atoms with Crippen LogP contribution in [0.4, 0.5) is 5.69 Å². The van der Waals surface area contributed by atoms with E-state index in [0.29, 0.717) is 28.5 Å². The minimum absolute atomic E-state index is 0.474. The predicted molar refractivity (Wildman–Crippen MR) is 106 cm³/mol. The Morgan fingerprint density at radius 2 is 1.48 bits per heavy atom. The van der Waals surface area contributed by atoms with Crippen molar-refractivity contribution in [1.82, 2.24) is 20.0 Å². The molecule has 3 rings (SSSR count). The topological polar surface area (TPSA) is 120 Å². The van der Waals surface area contributed by atoms with Gasteiger partial charge in [-0.2, -0.15) is 5.01 Å². The maximum atomic E-state index is 11.2. The number of hydrogen-bond donors (Lipinski definition) is 2. The van der Waals surface area contributed by atoms with Crippen molar-refractivity contribution in [2.45, 2.75) is 0 Å². The van der Waals surface area contributed by atoms with E-state index in [1.54, 1.807) is 37.6 Å². The molecule has 0 radical (unpaired) electrons. The SMILES string of the molecule is CN(c1cccnc1-c1cccc(-c2ccccn2)n1)N(CC(=O)O)CC(=O)O. The largest absolute Gasteiger partial charge is 0.480 e. The van der Waals surface area contributed by atoms with Crippen LogP contribution in [0.1, 0.15) is 0 Å². The lowest BCUT2D eigenvalue weighted by molar-refractivity contribution is -0.141. The number of carbonyl (C=O) groups is 2. The third-order valence-corrected chi connectivity index (χ3v) is 4.11. The van der Waals surface area contributed by atoms with Crippen molar-refractivity contribution in [1.29, 1.82) is 0 Å². The number of aliphatic carboxylic acids is 2. The second-order valence-corrected chi connectivity index (χ2v) is 6.13. The molecule has 3 heterocycles. The molecule has 0 aliphatic carbocycles. The molecule has 0 atom stereocenters. The first kappa shape index (κ1) is 19.9. The minimum Gasteiger partial charge on any atom is -0.480 e. The predicted octanol–water partition coefficient (Wildman–Crippen LogP) is 2.03. The van der Waals surface area contributed by atoms with Crippen molar-refractivity contribution >= 4 is 17.6 Å². The molecule has 0 aliphatic heterocycles.